The SMILES string of the molecule is c1ccc(Oc2ncccc2OCC2CCCNC2)cc1. The maximum absolute atomic E-state index is 5.92. The van der Waals surface area contributed by atoms with Gasteiger partial charge in [0.05, 0.1) is 6.61 Å². The van der Waals surface area contributed by atoms with Gasteiger partial charge in [0, 0.05) is 18.7 Å². The van der Waals surface area contributed by atoms with Crippen molar-refractivity contribution in [2.45, 2.75) is 12.8 Å². The summed E-state index contributed by atoms with van der Waals surface area (Å²) in [5.41, 5.74) is 0. The van der Waals surface area contributed by atoms with E-state index in [9.17, 15) is 0 Å². The summed E-state index contributed by atoms with van der Waals surface area (Å²) in [6.07, 6.45) is 4.14. The molecular weight excluding hydrogens is 264 g/mol. The second-order valence-electron chi connectivity index (χ2n) is 5.25. The Morgan fingerprint density at radius 1 is 1.14 bits per heavy atom. The number of hydrogen-bond acceptors (Lipinski definition) is 4. The minimum absolute atomic E-state index is 0.521. The molecule has 1 atom stereocenters. The van der Waals surface area contributed by atoms with Gasteiger partial charge in [-0.2, -0.15) is 0 Å². The van der Waals surface area contributed by atoms with Crippen molar-refractivity contribution in [3.05, 3.63) is 48.7 Å². The first kappa shape index (κ1) is 13.9. The van der Waals surface area contributed by atoms with Gasteiger partial charge < -0.3 is 14.8 Å². The van der Waals surface area contributed by atoms with Crippen molar-refractivity contribution in [3.63, 3.8) is 0 Å². The Bertz CT molecular complexity index is 554. The van der Waals surface area contributed by atoms with Gasteiger partial charge in [-0.3, -0.25) is 0 Å². The second-order valence-corrected chi connectivity index (χ2v) is 5.25. The van der Waals surface area contributed by atoms with Gasteiger partial charge in [-0.25, -0.2) is 4.98 Å². The van der Waals surface area contributed by atoms with Crippen LogP contribution in [0.5, 0.6) is 17.4 Å². The molecule has 2 heterocycles. The molecule has 0 spiro atoms. The highest BCUT2D eigenvalue weighted by molar-refractivity contribution is 5.36. The number of aromatic nitrogens is 1. The monoisotopic (exact) mass is 284 g/mol. The molecule has 1 fully saturated rings. The average molecular weight is 284 g/mol. The number of ether oxygens (including phenoxy) is 2. The van der Waals surface area contributed by atoms with Gasteiger partial charge in [0.2, 0.25) is 0 Å². The predicted octanol–water partition coefficient (Wildman–Crippen LogP) is 3.25. The lowest BCUT2D eigenvalue weighted by Gasteiger charge is -2.23. The fraction of sp³-hybridized carbons (Fsp3) is 0.353. The van der Waals surface area contributed by atoms with E-state index in [1.165, 1.54) is 12.8 Å². The summed E-state index contributed by atoms with van der Waals surface area (Å²) in [5, 5.41) is 3.40. The quantitative estimate of drug-likeness (QED) is 0.915. The molecule has 0 saturated carbocycles. The van der Waals surface area contributed by atoms with E-state index >= 15 is 0 Å². The molecule has 0 radical (unpaired) electrons. The highest BCUT2D eigenvalue weighted by atomic mass is 16.5. The van der Waals surface area contributed by atoms with Gasteiger partial charge in [-0.15, -0.1) is 0 Å². The molecule has 3 rings (SSSR count). The first-order valence-corrected chi connectivity index (χ1v) is 7.43. The Morgan fingerprint density at radius 2 is 2.05 bits per heavy atom. The van der Waals surface area contributed by atoms with Gasteiger partial charge in [0.25, 0.3) is 5.88 Å². The lowest BCUT2D eigenvalue weighted by Crippen LogP contribution is -2.33. The summed E-state index contributed by atoms with van der Waals surface area (Å²) in [5.74, 6) is 2.54. The number of pyridine rings is 1. The Balaban J connectivity index is 1.64. The van der Waals surface area contributed by atoms with Gasteiger partial charge in [0.1, 0.15) is 5.75 Å². The van der Waals surface area contributed by atoms with Crippen molar-refractivity contribution >= 4 is 0 Å². The summed E-state index contributed by atoms with van der Waals surface area (Å²) in [6.45, 7) is 2.84. The largest absolute Gasteiger partial charge is 0.488 e. The van der Waals surface area contributed by atoms with Crippen LogP contribution >= 0.6 is 0 Å². The maximum Gasteiger partial charge on any atom is 0.262 e. The van der Waals surface area contributed by atoms with Crippen LogP contribution in [0.1, 0.15) is 12.8 Å². The van der Waals surface area contributed by atoms with E-state index in [1.54, 1.807) is 6.20 Å². The van der Waals surface area contributed by atoms with Crippen molar-refractivity contribution in [3.8, 4) is 17.4 Å². The van der Waals surface area contributed by atoms with E-state index < -0.39 is 0 Å². The van der Waals surface area contributed by atoms with Crippen molar-refractivity contribution in [2.75, 3.05) is 19.7 Å². The Labute approximate surface area is 125 Å². The molecule has 1 aromatic carbocycles. The number of para-hydroxylation sites is 1. The molecule has 4 heteroatoms. The van der Waals surface area contributed by atoms with Crippen LogP contribution in [-0.2, 0) is 0 Å². The zero-order valence-corrected chi connectivity index (χ0v) is 12.0. The third-order valence-electron chi connectivity index (χ3n) is 3.57. The van der Waals surface area contributed by atoms with E-state index in [0.717, 1.165) is 18.8 Å². The van der Waals surface area contributed by atoms with Gasteiger partial charge in [-0.1, -0.05) is 18.2 Å². The lowest BCUT2D eigenvalue weighted by atomic mass is 10.0. The number of hydrogen-bond donors (Lipinski definition) is 1. The van der Waals surface area contributed by atoms with Crippen LogP contribution in [0.3, 0.4) is 0 Å². The Kier molecular flexibility index (Phi) is 4.69. The topological polar surface area (TPSA) is 43.4 Å². The first-order chi connectivity index (χ1) is 10.4. The fourth-order valence-electron chi connectivity index (χ4n) is 2.44. The van der Waals surface area contributed by atoms with Crippen LogP contribution in [0.15, 0.2) is 48.7 Å². The summed E-state index contributed by atoms with van der Waals surface area (Å²) < 4.78 is 11.7. The van der Waals surface area contributed by atoms with Crippen molar-refractivity contribution in [1.82, 2.24) is 10.3 Å². The van der Waals surface area contributed by atoms with Crippen LogP contribution < -0.4 is 14.8 Å². The number of nitrogens with zero attached hydrogens (tertiary/aromatic N) is 1. The van der Waals surface area contributed by atoms with E-state index in [1.807, 2.05) is 42.5 Å². The zero-order valence-electron chi connectivity index (χ0n) is 12.0. The molecule has 1 unspecified atom stereocenters. The molecular formula is C17H20N2O2. The maximum atomic E-state index is 5.92. The van der Waals surface area contributed by atoms with Crippen molar-refractivity contribution in [2.24, 2.45) is 5.92 Å². The summed E-state index contributed by atoms with van der Waals surface area (Å²) in [7, 11) is 0. The zero-order chi connectivity index (χ0) is 14.3. The molecule has 0 aliphatic carbocycles. The number of rotatable bonds is 5. The second kappa shape index (κ2) is 7.09. The molecule has 2 aromatic rings. The fourth-order valence-corrected chi connectivity index (χ4v) is 2.44. The van der Waals surface area contributed by atoms with E-state index in [2.05, 4.69) is 10.3 Å². The molecule has 21 heavy (non-hydrogen) atoms. The van der Waals surface area contributed by atoms with Crippen LogP contribution in [0.2, 0.25) is 0 Å². The normalized spacial score (nSPS) is 18.2. The van der Waals surface area contributed by atoms with Gasteiger partial charge in [0.15, 0.2) is 5.75 Å². The molecule has 110 valence electrons. The van der Waals surface area contributed by atoms with Crippen LogP contribution in [0.4, 0.5) is 0 Å². The minimum Gasteiger partial charge on any atom is -0.488 e. The standard InChI is InChI=1S/C17H20N2O2/c1-2-7-15(8-3-1)21-17-16(9-5-11-19-17)20-13-14-6-4-10-18-12-14/h1-3,5,7-9,11,14,18H,4,6,10,12-13H2. The van der Waals surface area contributed by atoms with E-state index in [-0.39, 0.29) is 0 Å². The molecule has 1 N–H and O–H groups in total. The average Bonchev–Trinajstić information content (AvgIpc) is 2.56. The third-order valence-corrected chi connectivity index (χ3v) is 3.57. The summed E-state index contributed by atoms with van der Waals surface area (Å²) in [6, 6.07) is 13.4. The van der Waals surface area contributed by atoms with Gasteiger partial charge >= 0.3 is 0 Å². The Hall–Kier alpha value is -2.07. The van der Waals surface area contributed by atoms with Crippen molar-refractivity contribution in [1.29, 1.82) is 0 Å². The highest BCUT2D eigenvalue weighted by Crippen LogP contribution is 2.29. The first-order valence-electron chi connectivity index (χ1n) is 7.43. The van der Waals surface area contributed by atoms with Crippen LogP contribution in [-0.4, -0.2) is 24.7 Å². The number of benzene rings is 1. The molecule has 0 amide bonds. The number of nitrogens with one attached hydrogen (secondary N) is 1. The molecule has 1 aliphatic heterocycles. The van der Waals surface area contributed by atoms with Gasteiger partial charge in [-0.05, 0) is 43.7 Å². The molecule has 1 aromatic heterocycles. The minimum atomic E-state index is 0.521. The van der Waals surface area contributed by atoms with E-state index in [0.29, 0.717) is 24.2 Å². The molecule has 4 nitrogen and oxygen atoms in total. The summed E-state index contributed by atoms with van der Waals surface area (Å²) in [4.78, 5) is 4.27. The van der Waals surface area contributed by atoms with Crippen LogP contribution in [0.25, 0.3) is 0 Å². The Morgan fingerprint density at radius 3 is 2.86 bits per heavy atom. The third kappa shape index (κ3) is 3.95. The predicted molar refractivity (Wildman–Crippen MR) is 81.8 cm³/mol. The highest BCUT2D eigenvalue weighted by Gasteiger charge is 2.15. The molecule has 1 aliphatic rings. The number of piperidine rings is 1. The smallest absolute Gasteiger partial charge is 0.262 e. The van der Waals surface area contributed by atoms with Crippen molar-refractivity contribution < 1.29 is 9.47 Å². The van der Waals surface area contributed by atoms with E-state index in [4.69, 9.17) is 9.47 Å². The lowest BCUT2D eigenvalue weighted by molar-refractivity contribution is 0.212. The molecule has 0 bridgehead atoms. The van der Waals surface area contributed by atoms with Crippen LogP contribution in [0, 0.1) is 5.92 Å². The molecule has 1 saturated heterocycles. The summed E-state index contributed by atoms with van der Waals surface area (Å²) >= 11 is 0.